The molecule has 0 radical (unpaired) electrons. The number of unbranched alkanes of at least 4 members (excludes halogenated alkanes) is 2. The van der Waals surface area contributed by atoms with Gasteiger partial charge in [-0.1, -0.05) is 25.3 Å². The minimum absolute atomic E-state index is 0.0719. The monoisotopic (exact) mass is 496 g/mol. The van der Waals surface area contributed by atoms with Crippen LogP contribution in [0.1, 0.15) is 25.7 Å². The Morgan fingerprint density at radius 2 is 1.40 bits per heavy atom. The van der Waals surface area contributed by atoms with Crippen LogP contribution in [0.2, 0.25) is 0 Å². The fourth-order valence-corrected chi connectivity index (χ4v) is 4.40. The summed E-state index contributed by atoms with van der Waals surface area (Å²) in [6.07, 6.45) is 4.89. The van der Waals surface area contributed by atoms with Crippen molar-refractivity contribution in [3.63, 3.8) is 0 Å². The van der Waals surface area contributed by atoms with Crippen molar-refractivity contribution >= 4 is 43.4 Å². The molecule has 0 unspecified atom stereocenters. The van der Waals surface area contributed by atoms with Crippen LogP contribution in [0.4, 0.5) is 0 Å². The van der Waals surface area contributed by atoms with E-state index in [1.54, 1.807) is 12.1 Å². The Kier molecular flexibility index (Phi) is 9.86. The molecule has 2 aromatic carbocycles. The molecule has 0 amide bonds. The normalized spacial score (nSPS) is 10.6. The summed E-state index contributed by atoms with van der Waals surface area (Å²) in [5.74, 6) is 0.221. The van der Waals surface area contributed by atoms with Crippen molar-refractivity contribution in [1.29, 1.82) is 0 Å². The molecular formula is C27H28O7S. The number of esters is 2. The fourth-order valence-electron chi connectivity index (χ4n) is 3.28. The van der Waals surface area contributed by atoms with Gasteiger partial charge in [-0.3, -0.25) is 4.79 Å². The number of carbonyl (C=O) groups excluding carboxylic acids is 2. The molecule has 184 valence electrons. The van der Waals surface area contributed by atoms with Gasteiger partial charge in [0, 0.05) is 33.7 Å². The SMILES string of the molecule is C=CC(=O)OCCCCOc1cc(OCCCCOC(=O)C=C)c2sc3ccccc3c(=O)c2c1. The van der Waals surface area contributed by atoms with E-state index in [1.807, 2.05) is 24.3 Å². The average Bonchev–Trinajstić information content (AvgIpc) is 2.88. The van der Waals surface area contributed by atoms with Gasteiger partial charge in [0.05, 0.1) is 31.1 Å². The lowest BCUT2D eigenvalue weighted by molar-refractivity contribution is -0.138. The molecule has 3 aromatic rings. The van der Waals surface area contributed by atoms with Crippen LogP contribution < -0.4 is 14.9 Å². The van der Waals surface area contributed by atoms with Crippen molar-refractivity contribution in [3.8, 4) is 11.5 Å². The topological polar surface area (TPSA) is 88.1 Å². The van der Waals surface area contributed by atoms with Gasteiger partial charge in [0.1, 0.15) is 11.5 Å². The molecule has 1 aromatic heterocycles. The molecule has 3 rings (SSSR count). The van der Waals surface area contributed by atoms with Crippen LogP contribution >= 0.6 is 11.3 Å². The van der Waals surface area contributed by atoms with E-state index < -0.39 is 11.9 Å². The van der Waals surface area contributed by atoms with Crippen LogP contribution in [0, 0.1) is 0 Å². The molecular weight excluding hydrogens is 468 g/mol. The summed E-state index contributed by atoms with van der Waals surface area (Å²) in [6.45, 7) is 8.11. The zero-order valence-corrected chi connectivity index (χ0v) is 20.3. The smallest absolute Gasteiger partial charge is 0.330 e. The highest BCUT2D eigenvalue weighted by atomic mass is 32.1. The van der Waals surface area contributed by atoms with Crippen molar-refractivity contribution in [2.45, 2.75) is 25.7 Å². The minimum atomic E-state index is -0.447. The molecule has 0 spiro atoms. The molecule has 0 saturated carbocycles. The lowest BCUT2D eigenvalue weighted by Crippen LogP contribution is -2.07. The van der Waals surface area contributed by atoms with Crippen LogP contribution in [0.5, 0.6) is 11.5 Å². The molecule has 0 aliphatic rings. The van der Waals surface area contributed by atoms with Crippen LogP contribution in [0.25, 0.3) is 20.2 Å². The second-order valence-corrected chi connectivity index (χ2v) is 8.63. The van der Waals surface area contributed by atoms with Gasteiger partial charge in [-0.2, -0.15) is 0 Å². The van der Waals surface area contributed by atoms with Gasteiger partial charge in [0.15, 0.2) is 5.43 Å². The fraction of sp³-hybridized carbons (Fsp3) is 0.296. The highest BCUT2D eigenvalue weighted by Crippen LogP contribution is 2.36. The third-order valence-corrected chi connectivity index (χ3v) is 6.24. The van der Waals surface area contributed by atoms with E-state index in [0.717, 1.165) is 21.6 Å². The van der Waals surface area contributed by atoms with Crippen molar-refractivity contribution in [2.75, 3.05) is 26.4 Å². The van der Waals surface area contributed by atoms with E-state index >= 15 is 0 Å². The standard InChI is InChI=1S/C27H28O7S/c1-3-24(28)33-15-9-7-13-31-19-17-21-26(30)20-11-5-6-12-23(20)35-27(21)22(18-19)32-14-8-10-16-34-25(29)4-2/h3-6,11-12,17-18H,1-2,7-10,13-16H2. The summed E-state index contributed by atoms with van der Waals surface area (Å²) in [7, 11) is 0. The highest BCUT2D eigenvalue weighted by Gasteiger charge is 2.13. The van der Waals surface area contributed by atoms with Gasteiger partial charge < -0.3 is 18.9 Å². The molecule has 35 heavy (non-hydrogen) atoms. The Labute approximate surface area is 207 Å². The van der Waals surface area contributed by atoms with Crippen molar-refractivity contribution in [3.05, 3.63) is 71.9 Å². The second-order valence-electron chi connectivity index (χ2n) is 7.58. The molecule has 8 heteroatoms. The van der Waals surface area contributed by atoms with Crippen LogP contribution in [0.15, 0.2) is 66.5 Å². The molecule has 0 saturated heterocycles. The summed E-state index contributed by atoms with van der Waals surface area (Å²) in [4.78, 5) is 35.4. The molecule has 1 heterocycles. The maximum Gasteiger partial charge on any atom is 0.330 e. The summed E-state index contributed by atoms with van der Waals surface area (Å²) in [5, 5.41) is 1.20. The summed E-state index contributed by atoms with van der Waals surface area (Å²) < 4.78 is 23.5. The first-order chi connectivity index (χ1) is 17.0. The van der Waals surface area contributed by atoms with Crippen molar-refractivity contribution < 1.29 is 28.5 Å². The van der Waals surface area contributed by atoms with Crippen LogP contribution in [-0.4, -0.2) is 38.4 Å². The number of fused-ring (bicyclic) bond motifs is 2. The largest absolute Gasteiger partial charge is 0.493 e. The second kappa shape index (κ2) is 13.3. The number of rotatable bonds is 14. The Morgan fingerprint density at radius 1 is 0.800 bits per heavy atom. The number of hydrogen-bond acceptors (Lipinski definition) is 8. The Morgan fingerprint density at radius 3 is 2.06 bits per heavy atom. The molecule has 0 aliphatic heterocycles. The van der Waals surface area contributed by atoms with E-state index in [9.17, 15) is 14.4 Å². The maximum atomic E-state index is 13.2. The lowest BCUT2D eigenvalue weighted by Gasteiger charge is -2.13. The molecule has 0 bridgehead atoms. The molecule has 0 fully saturated rings. The van der Waals surface area contributed by atoms with Crippen LogP contribution in [-0.2, 0) is 19.1 Å². The number of ether oxygens (including phenoxy) is 4. The predicted octanol–water partition coefficient (Wildman–Crippen LogP) is 5.19. The van der Waals surface area contributed by atoms with Gasteiger partial charge in [0.25, 0.3) is 0 Å². The minimum Gasteiger partial charge on any atom is -0.493 e. The van der Waals surface area contributed by atoms with Crippen molar-refractivity contribution in [2.24, 2.45) is 0 Å². The van der Waals surface area contributed by atoms with Gasteiger partial charge >= 0.3 is 11.9 Å². The van der Waals surface area contributed by atoms with E-state index in [1.165, 1.54) is 11.3 Å². The van der Waals surface area contributed by atoms with Gasteiger partial charge in [0.2, 0.25) is 0 Å². The number of benzene rings is 2. The quantitative estimate of drug-likeness (QED) is 0.131. The van der Waals surface area contributed by atoms with Crippen LogP contribution in [0.3, 0.4) is 0 Å². The van der Waals surface area contributed by atoms with E-state index in [2.05, 4.69) is 13.2 Å². The third kappa shape index (κ3) is 7.42. The lowest BCUT2D eigenvalue weighted by atomic mass is 10.1. The first-order valence-electron chi connectivity index (χ1n) is 11.4. The average molecular weight is 497 g/mol. The summed E-state index contributed by atoms with van der Waals surface area (Å²) in [6, 6.07) is 11.0. The molecule has 0 atom stereocenters. The maximum absolute atomic E-state index is 13.2. The van der Waals surface area contributed by atoms with Gasteiger partial charge in [-0.05, 0) is 43.9 Å². The third-order valence-electron chi connectivity index (χ3n) is 5.04. The zero-order chi connectivity index (χ0) is 25.0. The van der Waals surface area contributed by atoms with Gasteiger partial charge in [-0.15, -0.1) is 11.3 Å². The first-order valence-corrected chi connectivity index (χ1v) is 12.2. The van der Waals surface area contributed by atoms with E-state index in [-0.39, 0.29) is 12.0 Å². The predicted molar refractivity (Wildman–Crippen MR) is 137 cm³/mol. The van der Waals surface area contributed by atoms with E-state index in [0.29, 0.717) is 67.8 Å². The van der Waals surface area contributed by atoms with E-state index in [4.69, 9.17) is 18.9 Å². The molecule has 0 aliphatic carbocycles. The zero-order valence-electron chi connectivity index (χ0n) is 19.5. The first kappa shape index (κ1) is 26.0. The molecule has 0 N–H and O–H groups in total. The highest BCUT2D eigenvalue weighted by molar-refractivity contribution is 7.24. The summed E-state index contributed by atoms with van der Waals surface area (Å²) >= 11 is 1.50. The Hall–Kier alpha value is -3.65. The van der Waals surface area contributed by atoms with Crippen molar-refractivity contribution in [1.82, 2.24) is 0 Å². The summed E-state index contributed by atoms with van der Waals surface area (Å²) in [5.41, 5.74) is -0.0719. The Balaban J connectivity index is 1.72. The number of hydrogen-bond donors (Lipinski definition) is 0. The Bertz CT molecular complexity index is 1260. The number of carbonyl (C=O) groups is 2. The van der Waals surface area contributed by atoms with Gasteiger partial charge in [-0.25, -0.2) is 9.59 Å². The molecule has 7 nitrogen and oxygen atoms in total.